The molecule has 2 aromatic heterocycles. The summed E-state index contributed by atoms with van der Waals surface area (Å²) < 4.78 is 16.7. The summed E-state index contributed by atoms with van der Waals surface area (Å²) >= 11 is 11.9. The van der Waals surface area contributed by atoms with E-state index in [1.165, 1.54) is 6.07 Å². The summed E-state index contributed by atoms with van der Waals surface area (Å²) in [6.07, 6.45) is 1.78. The first-order chi connectivity index (χ1) is 16.0. The van der Waals surface area contributed by atoms with Gasteiger partial charge in [-0.05, 0) is 86.2 Å². The molecule has 7 heteroatoms. The fraction of sp³-hybridized carbons (Fsp3) is 0.154. The van der Waals surface area contributed by atoms with Crippen LogP contribution in [0, 0.1) is 19.7 Å². The molecule has 0 amide bonds. The van der Waals surface area contributed by atoms with Crippen LogP contribution < -0.4 is 10.2 Å². The zero-order valence-electron chi connectivity index (χ0n) is 18.2. The van der Waals surface area contributed by atoms with Crippen molar-refractivity contribution in [1.29, 1.82) is 0 Å². The standard InChI is InChI=1S/C26H22ClFN4S/c1-16-15-20(17(2)31(16)23-9-4-3-7-21(23)28)25-24(22-8-5-6-14-29-22)30-26(33)32(25)19-12-10-18(27)11-13-19/h3-15,24-25H,1-2H3,(H,30,33). The van der Waals surface area contributed by atoms with Crippen LogP contribution in [-0.2, 0) is 0 Å². The number of nitrogens with zero attached hydrogens (tertiary/aromatic N) is 3. The fourth-order valence-electron chi connectivity index (χ4n) is 4.64. The minimum absolute atomic E-state index is 0.177. The largest absolute Gasteiger partial charge is 0.351 e. The van der Waals surface area contributed by atoms with Crippen LogP contribution in [0.1, 0.15) is 34.7 Å². The number of aryl methyl sites for hydroxylation is 1. The van der Waals surface area contributed by atoms with Crippen molar-refractivity contribution < 1.29 is 4.39 Å². The molecule has 1 saturated heterocycles. The Morgan fingerprint density at radius 1 is 1.00 bits per heavy atom. The van der Waals surface area contributed by atoms with Gasteiger partial charge < -0.3 is 14.8 Å². The van der Waals surface area contributed by atoms with E-state index in [-0.39, 0.29) is 17.9 Å². The van der Waals surface area contributed by atoms with Crippen molar-refractivity contribution in [3.8, 4) is 5.69 Å². The molecule has 4 nitrogen and oxygen atoms in total. The van der Waals surface area contributed by atoms with Gasteiger partial charge in [-0.1, -0.05) is 29.8 Å². The van der Waals surface area contributed by atoms with Crippen LogP contribution in [0.2, 0.25) is 5.02 Å². The number of rotatable bonds is 4. The maximum absolute atomic E-state index is 14.7. The van der Waals surface area contributed by atoms with Crippen LogP contribution in [0.4, 0.5) is 10.1 Å². The van der Waals surface area contributed by atoms with Crippen molar-refractivity contribution in [2.24, 2.45) is 0 Å². The van der Waals surface area contributed by atoms with Gasteiger partial charge in [-0.2, -0.15) is 0 Å². The van der Waals surface area contributed by atoms with Gasteiger partial charge in [-0.25, -0.2) is 4.39 Å². The molecule has 5 rings (SSSR count). The summed E-state index contributed by atoms with van der Waals surface area (Å²) in [6.45, 7) is 4.01. The molecule has 0 spiro atoms. The topological polar surface area (TPSA) is 33.1 Å². The van der Waals surface area contributed by atoms with Crippen molar-refractivity contribution >= 4 is 34.6 Å². The molecule has 1 aliphatic rings. The molecule has 1 aliphatic heterocycles. The average molecular weight is 477 g/mol. The van der Waals surface area contributed by atoms with E-state index in [4.69, 9.17) is 23.8 Å². The van der Waals surface area contributed by atoms with E-state index in [0.717, 1.165) is 28.3 Å². The second-order valence-corrected chi connectivity index (χ2v) is 8.91. The second kappa shape index (κ2) is 8.61. The van der Waals surface area contributed by atoms with E-state index in [2.05, 4.69) is 21.3 Å². The minimum Gasteiger partial charge on any atom is -0.351 e. The highest BCUT2D eigenvalue weighted by atomic mass is 35.5. The van der Waals surface area contributed by atoms with Gasteiger partial charge in [-0.3, -0.25) is 4.98 Å². The van der Waals surface area contributed by atoms with E-state index in [0.29, 0.717) is 15.8 Å². The van der Waals surface area contributed by atoms with Gasteiger partial charge in [0.1, 0.15) is 5.82 Å². The maximum atomic E-state index is 14.7. The molecule has 4 aromatic rings. The Morgan fingerprint density at radius 3 is 2.42 bits per heavy atom. The fourth-order valence-corrected chi connectivity index (χ4v) is 5.11. The Kier molecular flexibility index (Phi) is 5.64. The first-order valence-corrected chi connectivity index (χ1v) is 11.4. The number of benzene rings is 2. The number of pyridine rings is 1. The van der Waals surface area contributed by atoms with Crippen molar-refractivity contribution in [3.63, 3.8) is 0 Å². The van der Waals surface area contributed by atoms with Gasteiger partial charge in [0, 0.05) is 28.3 Å². The third-order valence-electron chi connectivity index (χ3n) is 6.09. The molecule has 2 unspecified atom stereocenters. The number of nitrogens with one attached hydrogen (secondary N) is 1. The van der Waals surface area contributed by atoms with Crippen LogP contribution in [-0.4, -0.2) is 14.7 Å². The molecule has 1 N–H and O–H groups in total. The second-order valence-electron chi connectivity index (χ2n) is 8.09. The predicted octanol–water partition coefficient (Wildman–Crippen LogP) is 6.46. The van der Waals surface area contributed by atoms with Gasteiger partial charge in [0.05, 0.1) is 23.5 Å². The Bertz CT molecular complexity index is 1320. The summed E-state index contributed by atoms with van der Waals surface area (Å²) in [5, 5.41) is 4.73. The number of hydrogen-bond donors (Lipinski definition) is 1. The summed E-state index contributed by atoms with van der Waals surface area (Å²) in [6, 6.07) is 22.1. The summed E-state index contributed by atoms with van der Waals surface area (Å²) in [7, 11) is 0. The van der Waals surface area contributed by atoms with Crippen LogP contribution >= 0.6 is 23.8 Å². The molecule has 2 atom stereocenters. The van der Waals surface area contributed by atoms with Crippen molar-refractivity contribution in [2.45, 2.75) is 25.9 Å². The molecule has 0 aliphatic carbocycles. The Balaban J connectivity index is 1.69. The van der Waals surface area contributed by atoms with E-state index in [1.54, 1.807) is 18.3 Å². The zero-order valence-corrected chi connectivity index (χ0v) is 19.7. The molecule has 166 valence electrons. The number of anilines is 1. The smallest absolute Gasteiger partial charge is 0.174 e. The van der Waals surface area contributed by atoms with E-state index >= 15 is 0 Å². The highest BCUT2D eigenvalue weighted by Gasteiger charge is 2.42. The predicted molar refractivity (Wildman–Crippen MR) is 135 cm³/mol. The van der Waals surface area contributed by atoms with Crippen molar-refractivity contribution in [3.05, 3.63) is 112 Å². The van der Waals surface area contributed by atoms with Crippen molar-refractivity contribution in [1.82, 2.24) is 14.9 Å². The van der Waals surface area contributed by atoms with Crippen LogP contribution in [0.5, 0.6) is 0 Å². The molecule has 0 radical (unpaired) electrons. The molecule has 0 bridgehead atoms. The number of aromatic nitrogens is 2. The lowest BCUT2D eigenvalue weighted by Crippen LogP contribution is -2.29. The van der Waals surface area contributed by atoms with E-state index in [9.17, 15) is 4.39 Å². The maximum Gasteiger partial charge on any atom is 0.174 e. The third-order valence-corrected chi connectivity index (χ3v) is 6.65. The summed E-state index contributed by atoms with van der Waals surface area (Å²) in [4.78, 5) is 6.70. The van der Waals surface area contributed by atoms with Gasteiger partial charge in [0.15, 0.2) is 5.11 Å². The van der Waals surface area contributed by atoms with Gasteiger partial charge >= 0.3 is 0 Å². The average Bonchev–Trinajstić information content (AvgIpc) is 3.31. The normalized spacial score (nSPS) is 17.9. The number of para-hydroxylation sites is 1. The molecule has 0 saturated carbocycles. The molecule has 2 aromatic carbocycles. The third kappa shape index (κ3) is 3.79. The number of hydrogen-bond acceptors (Lipinski definition) is 2. The Labute approximate surface area is 202 Å². The van der Waals surface area contributed by atoms with Gasteiger partial charge in [0.25, 0.3) is 0 Å². The lowest BCUT2D eigenvalue weighted by Gasteiger charge is -2.28. The van der Waals surface area contributed by atoms with E-state index < -0.39 is 0 Å². The quantitative estimate of drug-likeness (QED) is 0.343. The number of thiocarbonyl (C=S) groups is 1. The first kappa shape index (κ1) is 21.6. The number of halogens is 2. The van der Waals surface area contributed by atoms with Crippen LogP contribution in [0.25, 0.3) is 5.69 Å². The van der Waals surface area contributed by atoms with Gasteiger partial charge in [-0.15, -0.1) is 0 Å². The van der Waals surface area contributed by atoms with E-state index in [1.807, 2.05) is 66.9 Å². The van der Waals surface area contributed by atoms with Crippen molar-refractivity contribution in [2.75, 3.05) is 4.90 Å². The summed E-state index contributed by atoms with van der Waals surface area (Å²) in [5.41, 5.74) is 5.29. The zero-order chi connectivity index (χ0) is 23.1. The lowest BCUT2D eigenvalue weighted by atomic mass is 9.96. The SMILES string of the molecule is Cc1cc(C2C(c3ccccn3)NC(=S)N2c2ccc(Cl)cc2)c(C)n1-c1ccccc1F. The Morgan fingerprint density at radius 2 is 1.73 bits per heavy atom. The minimum atomic E-state index is -0.262. The van der Waals surface area contributed by atoms with Gasteiger partial charge in [0.2, 0.25) is 0 Å². The Hall–Kier alpha value is -3.22. The van der Waals surface area contributed by atoms with Crippen LogP contribution in [0.15, 0.2) is 79.0 Å². The molecular formula is C26H22ClFN4S. The molecule has 3 heterocycles. The molecule has 1 fully saturated rings. The monoisotopic (exact) mass is 476 g/mol. The molecular weight excluding hydrogens is 455 g/mol. The first-order valence-electron chi connectivity index (χ1n) is 10.7. The molecule has 33 heavy (non-hydrogen) atoms. The highest BCUT2D eigenvalue weighted by Crippen LogP contribution is 2.44. The highest BCUT2D eigenvalue weighted by molar-refractivity contribution is 7.80. The summed E-state index contributed by atoms with van der Waals surface area (Å²) in [5.74, 6) is -0.262. The van der Waals surface area contributed by atoms with Crippen LogP contribution in [0.3, 0.4) is 0 Å². The lowest BCUT2D eigenvalue weighted by molar-refractivity contribution is 0.564.